The molecule has 1 aromatic carbocycles. The number of carbonyl (C=O) groups excluding carboxylic acids is 1. The van der Waals surface area contributed by atoms with Gasteiger partial charge in [-0.3, -0.25) is 4.79 Å². The van der Waals surface area contributed by atoms with Gasteiger partial charge in [-0.25, -0.2) is 4.98 Å². The van der Waals surface area contributed by atoms with E-state index in [-0.39, 0.29) is 5.91 Å². The lowest BCUT2D eigenvalue weighted by atomic mass is 9.90. The quantitative estimate of drug-likeness (QED) is 0.912. The first-order chi connectivity index (χ1) is 9.67. The first-order valence-corrected chi connectivity index (χ1v) is 7.87. The Hall–Kier alpha value is -1.46. The lowest BCUT2D eigenvalue weighted by Gasteiger charge is -2.33. The van der Waals surface area contributed by atoms with Gasteiger partial charge in [0.1, 0.15) is 5.01 Å². The Labute approximate surface area is 122 Å². The van der Waals surface area contributed by atoms with E-state index in [1.165, 1.54) is 4.70 Å². The van der Waals surface area contributed by atoms with Gasteiger partial charge in [0.25, 0.3) is 0 Å². The number of para-hydroxylation sites is 1. The summed E-state index contributed by atoms with van der Waals surface area (Å²) >= 11 is 1.64. The Balaban J connectivity index is 1.65. The van der Waals surface area contributed by atoms with E-state index in [1.54, 1.807) is 11.3 Å². The molecule has 2 aromatic rings. The third-order valence-electron chi connectivity index (χ3n) is 3.86. The van der Waals surface area contributed by atoms with Gasteiger partial charge in [-0.15, -0.1) is 11.3 Å². The number of nitrogens with one attached hydrogen (secondary N) is 2. The van der Waals surface area contributed by atoms with Crippen molar-refractivity contribution in [2.75, 3.05) is 6.54 Å². The van der Waals surface area contributed by atoms with Gasteiger partial charge in [-0.2, -0.15) is 0 Å². The van der Waals surface area contributed by atoms with Gasteiger partial charge < -0.3 is 10.6 Å². The highest BCUT2D eigenvalue weighted by Crippen LogP contribution is 2.22. The summed E-state index contributed by atoms with van der Waals surface area (Å²) in [5.74, 6) is 0.0801. The lowest BCUT2D eigenvalue weighted by molar-refractivity contribution is -0.128. The van der Waals surface area contributed by atoms with E-state index in [0.717, 1.165) is 36.3 Å². The Morgan fingerprint density at radius 2 is 2.30 bits per heavy atom. The maximum atomic E-state index is 12.3. The van der Waals surface area contributed by atoms with Crippen LogP contribution in [0.4, 0.5) is 0 Å². The van der Waals surface area contributed by atoms with Gasteiger partial charge in [0.15, 0.2) is 0 Å². The summed E-state index contributed by atoms with van der Waals surface area (Å²) in [5, 5.41) is 7.30. The van der Waals surface area contributed by atoms with E-state index < -0.39 is 5.54 Å². The van der Waals surface area contributed by atoms with E-state index in [9.17, 15) is 4.79 Å². The highest BCUT2D eigenvalue weighted by Gasteiger charge is 2.33. The van der Waals surface area contributed by atoms with Crippen LogP contribution in [0.2, 0.25) is 0 Å². The minimum atomic E-state index is -0.422. The number of hydrogen-bond donors (Lipinski definition) is 2. The van der Waals surface area contributed by atoms with E-state index in [2.05, 4.69) is 21.7 Å². The van der Waals surface area contributed by atoms with Crippen molar-refractivity contribution in [1.29, 1.82) is 0 Å². The third kappa shape index (κ3) is 2.69. The predicted octanol–water partition coefficient (Wildman–Crippen LogP) is 2.44. The molecule has 0 spiro atoms. The second-order valence-electron chi connectivity index (χ2n) is 5.47. The molecule has 0 radical (unpaired) electrons. The van der Waals surface area contributed by atoms with Crippen molar-refractivity contribution in [1.82, 2.24) is 15.6 Å². The van der Waals surface area contributed by atoms with Crippen molar-refractivity contribution >= 4 is 27.5 Å². The molecule has 0 bridgehead atoms. The summed E-state index contributed by atoms with van der Waals surface area (Å²) in [6.45, 7) is 3.42. The minimum absolute atomic E-state index is 0.0801. The zero-order valence-corrected chi connectivity index (χ0v) is 12.4. The largest absolute Gasteiger partial charge is 0.348 e. The molecule has 2 heterocycles. The molecule has 1 unspecified atom stereocenters. The predicted molar refractivity (Wildman–Crippen MR) is 81.7 cm³/mol. The molecule has 20 heavy (non-hydrogen) atoms. The van der Waals surface area contributed by atoms with Crippen molar-refractivity contribution < 1.29 is 4.79 Å². The fourth-order valence-corrected chi connectivity index (χ4v) is 3.50. The van der Waals surface area contributed by atoms with Crippen LogP contribution in [-0.4, -0.2) is 23.0 Å². The molecule has 1 aromatic heterocycles. The zero-order chi connectivity index (χ0) is 14.0. The van der Waals surface area contributed by atoms with Crippen LogP contribution in [0.5, 0.6) is 0 Å². The Morgan fingerprint density at radius 1 is 1.45 bits per heavy atom. The number of nitrogens with zero attached hydrogens (tertiary/aromatic N) is 1. The number of fused-ring (bicyclic) bond motifs is 1. The van der Waals surface area contributed by atoms with Crippen LogP contribution in [0.25, 0.3) is 10.2 Å². The van der Waals surface area contributed by atoms with Crippen LogP contribution in [0, 0.1) is 0 Å². The van der Waals surface area contributed by atoms with Crippen molar-refractivity contribution in [3.05, 3.63) is 29.3 Å². The molecule has 1 aliphatic heterocycles. The van der Waals surface area contributed by atoms with Crippen LogP contribution >= 0.6 is 11.3 Å². The van der Waals surface area contributed by atoms with Gasteiger partial charge in [0.2, 0.25) is 5.91 Å². The van der Waals surface area contributed by atoms with Crippen LogP contribution in [0.3, 0.4) is 0 Å². The summed E-state index contributed by atoms with van der Waals surface area (Å²) in [6, 6.07) is 8.05. The fraction of sp³-hybridized carbons (Fsp3) is 0.467. The normalized spacial score (nSPS) is 22.9. The standard InChI is InChI=1S/C15H19N3OS/c1-15(8-4-5-9-17-15)14(19)16-10-13-18-11-6-2-3-7-12(11)20-13/h2-3,6-7,17H,4-5,8-10H2,1H3,(H,16,19). The topological polar surface area (TPSA) is 54.0 Å². The number of amides is 1. The molecule has 1 fully saturated rings. The highest BCUT2D eigenvalue weighted by atomic mass is 32.1. The SMILES string of the molecule is CC1(C(=O)NCc2nc3ccccc3s2)CCCCN1. The van der Waals surface area contributed by atoms with E-state index >= 15 is 0 Å². The van der Waals surface area contributed by atoms with Gasteiger partial charge >= 0.3 is 0 Å². The number of piperidine rings is 1. The van der Waals surface area contributed by atoms with Crippen molar-refractivity contribution in [3.8, 4) is 0 Å². The Bertz CT molecular complexity index is 583. The third-order valence-corrected chi connectivity index (χ3v) is 4.89. The first-order valence-electron chi connectivity index (χ1n) is 7.05. The van der Waals surface area contributed by atoms with Crippen molar-refractivity contribution in [2.24, 2.45) is 0 Å². The van der Waals surface area contributed by atoms with Gasteiger partial charge in [-0.05, 0) is 44.9 Å². The highest BCUT2D eigenvalue weighted by molar-refractivity contribution is 7.18. The van der Waals surface area contributed by atoms with Crippen molar-refractivity contribution in [3.63, 3.8) is 0 Å². The lowest BCUT2D eigenvalue weighted by Crippen LogP contribution is -2.56. The van der Waals surface area contributed by atoms with Crippen LogP contribution in [0.15, 0.2) is 24.3 Å². The molecular formula is C15H19N3OS. The fourth-order valence-electron chi connectivity index (χ4n) is 2.60. The first kappa shape index (κ1) is 13.5. The average Bonchev–Trinajstić information content (AvgIpc) is 2.88. The molecule has 1 amide bonds. The summed E-state index contributed by atoms with van der Waals surface area (Å²) in [4.78, 5) is 16.8. The molecule has 0 saturated carbocycles. The molecule has 1 atom stereocenters. The summed E-state index contributed by atoms with van der Waals surface area (Å²) < 4.78 is 1.17. The smallest absolute Gasteiger partial charge is 0.240 e. The van der Waals surface area contributed by atoms with Gasteiger partial charge in [-0.1, -0.05) is 12.1 Å². The van der Waals surface area contributed by atoms with Gasteiger partial charge in [0.05, 0.1) is 22.3 Å². The summed E-state index contributed by atoms with van der Waals surface area (Å²) in [6.07, 6.45) is 3.16. The molecule has 4 nitrogen and oxygen atoms in total. The number of aromatic nitrogens is 1. The van der Waals surface area contributed by atoms with Gasteiger partial charge in [0, 0.05) is 0 Å². The number of hydrogen-bond acceptors (Lipinski definition) is 4. The van der Waals surface area contributed by atoms with E-state index in [1.807, 2.05) is 25.1 Å². The molecule has 1 saturated heterocycles. The monoisotopic (exact) mass is 289 g/mol. The van der Waals surface area contributed by atoms with Crippen LogP contribution in [-0.2, 0) is 11.3 Å². The van der Waals surface area contributed by atoms with Crippen molar-refractivity contribution in [2.45, 2.75) is 38.3 Å². The maximum absolute atomic E-state index is 12.3. The number of carbonyl (C=O) groups is 1. The number of benzene rings is 1. The summed E-state index contributed by atoms with van der Waals surface area (Å²) in [5.41, 5.74) is 0.582. The zero-order valence-electron chi connectivity index (χ0n) is 11.6. The minimum Gasteiger partial charge on any atom is -0.348 e. The van der Waals surface area contributed by atoms with Crippen LogP contribution in [0.1, 0.15) is 31.2 Å². The molecule has 106 valence electrons. The molecule has 1 aliphatic rings. The average molecular weight is 289 g/mol. The molecular weight excluding hydrogens is 270 g/mol. The number of thiazole rings is 1. The molecule has 5 heteroatoms. The van der Waals surface area contributed by atoms with E-state index in [0.29, 0.717) is 6.54 Å². The van der Waals surface area contributed by atoms with E-state index in [4.69, 9.17) is 0 Å². The number of rotatable bonds is 3. The maximum Gasteiger partial charge on any atom is 0.240 e. The summed E-state index contributed by atoms with van der Waals surface area (Å²) in [7, 11) is 0. The Kier molecular flexibility index (Phi) is 3.72. The second kappa shape index (κ2) is 5.50. The molecule has 0 aliphatic carbocycles. The molecule has 3 rings (SSSR count). The second-order valence-corrected chi connectivity index (χ2v) is 6.59. The molecule has 2 N–H and O–H groups in total. The Morgan fingerprint density at radius 3 is 3.05 bits per heavy atom. The van der Waals surface area contributed by atoms with Crippen LogP contribution < -0.4 is 10.6 Å².